The second-order valence-corrected chi connectivity index (χ2v) is 4.34. The van der Waals surface area contributed by atoms with Crippen LogP contribution in [0.2, 0.25) is 0 Å². The molecule has 0 atom stereocenters. The molecule has 0 amide bonds. The van der Waals surface area contributed by atoms with E-state index in [1.165, 1.54) is 16.8 Å². The Balaban J connectivity index is 2.76. The molecule has 2 rings (SSSR count). The van der Waals surface area contributed by atoms with Gasteiger partial charge < -0.3 is 5.84 Å². The van der Waals surface area contributed by atoms with Gasteiger partial charge in [-0.1, -0.05) is 0 Å². The monoisotopic (exact) mass is 212 g/mol. The van der Waals surface area contributed by atoms with Gasteiger partial charge in [-0.2, -0.15) is 8.42 Å². The second-order valence-electron chi connectivity index (χ2n) is 2.92. The summed E-state index contributed by atoms with van der Waals surface area (Å²) >= 11 is 0. The Labute approximate surface area is 80.5 Å². The number of rotatable bonds is 1. The molecule has 0 aliphatic heterocycles. The van der Waals surface area contributed by atoms with Crippen LogP contribution in [0.4, 0.5) is 0 Å². The lowest BCUT2D eigenvalue weighted by atomic mass is 10.2. The van der Waals surface area contributed by atoms with Gasteiger partial charge in [0.2, 0.25) is 0 Å². The minimum atomic E-state index is -4.14. The summed E-state index contributed by atoms with van der Waals surface area (Å²) < 4.78 is 31.8. The van der Waals surface area contributed by atoms with Crippen molar-refractivity contribution in [3.63, 3.8) is 0 Å². The molecule has 0 spiro atoms. The fourth-order valence-electron chi connectivity index (χ4n) is 1.30. The maximum absolute atomic E-state index is 10.8. The van der Waals surface area contributed by atoms with E-state index < -0.39 is 10.1 Å². The average Bonchev–Trinajstić information content (AvgIpc) is 2.46. The molecule has 6 heteroatoms. The van der Waals surface area contributed by atoms with Crippen molar-refractivity contribution in [2.75, 3.05) is 5.84 Å². The molecule has 0 fully saturated rings. The van der Waals surface area contributed by atoms with Crippen LogP contribution in [0.3, 0.4) is 0 Å². The molecule has 2 aromatic rings. The number of nitrogens with zero attached hydrogens (tertiary/aromatic N) is 1. The van der Waals surface area contributed by atoms with E-state index in [0.717, 1.165) is 0 Å². The van der Waals surface area contributed by atoms with Crippen LogP contribution in [0.25, 0.3) is 10.9 Å². The molecule has 0 aliphatic carbocycles. The van der Waals surface area contributed by atoms with Crippen LogP contribution in [0.1, 0.15) is 0 Å². The summed E-state index contributed by atoms with van der Waals surface area (Å²) in [6.07, 6.45) is 1.61. The number of benzene rings is 1. The third-order valence-corrected chi connectivity index (χ3v) is 2.84. The molecule has 1 heterocycles. The molecular formula is C8H8N2O3S. The van der Waals surface area contributed by atoms with E-state index in [9.17, 15) is 8.42 Å². The zero-order valence-corrected chi connectivity index (χ0v) is 7.90. The Kier molecular flexibility index (Phi) is 1.76. The maximum atomic E-state index is 10.8. The summed E-state index contributed by atoms with van der Waals surface area (Å²) in [5, 5.41) is 0.669. The first-order chi connectivity index (χ1) is 6.48. The average molecular weight is 212 g/mol. The van der Waals surface area contributed by atoms with Gasteiger partial charge in [0, 0.05) is 11.6 Å². The molecule has 1 aromatic heterocycles. The van der Waals surface area contributed by atoms with Gasteiger partial charge in [-0.25, -0.2) is 0 Å². The lowest BCUT2D eigenvalue weighted by Crippen LogP contribution is -2.05. The first kappa shape index (κ1) is 9.04. The summed E-state index contributed by atoms with van der Waals surface area (Å²) in [5.74, 6) is 5.54. The largest absolute Gasteiger partial charge is 0.339 e. The van der Waals surface area contributed by atoms with Crippen molar-refractivity contribution in [3.8, 4) is 0 Å². The number of aromatic nitrogens is 1. The van der Waals surface area contributed by atoms with Crippen LogP contribution >= 0.6 is 0 Å². The van der Waals surface area contributed by atoms with Gasteiger partial charge in [0.15, 0.2) is 0 Å². The molecular weight excluding hydrogens is 204 g/mol. The van der Waals surface area contributed by atoms with Gasteiger partial charge in [0.05, 0.1) is 10.4 Å². The molecule has 1 aromatic carbocycles. The molecule has 0 aliphatic rings. The third-order valence-electron chi connectivity index (χ3n) is 1.99. The van der Waals surface area contributed by atoms with Crippen molar-refractivity contribution in [3.05, 3.63) is 30.5 Å². The summed E-state index contributed by atoms with van der Waals surface area (Å²) in [4.78, 5) is -0.129. The summed E-state index contributed by atoms with van der Waals surface area (Å²) in [7, 11) is -4.14. The predicted molar refractivity (Wildman–Crippen MR) is 51.9 cm³/mol. The van der Waals surface area contributed by atoms with Gasteiger partial charge >= 0.3 is 0 Å². The highest BCUT2D eigenvalue weighted by atomic mass is 32.2. The zero-order chi connectivity index (χ0) is 10.3. The molecule has 0 unspecified atom stereocenters. The Morgan fingerprint density at radius 2 is 2.00 bits per heavy atom. The summed E-state index contributed by atoms with van der Waals surface area (Å²) in [6, 6.07) is 5.89. The SMILES string of the molecule is Nn1ccc2cc(S(=O)(=O)O)ccc21. The minimum Gasteiger partial charge on any atom is -0.339 e. The standard InChI is InChI=1S/C8H8N2O3S/c9-10-4-3-6-5-7(14(11,12)13)1-2-8(6)10/h1-5H,9H2,(H,11,12,13). The van der Waals surface area contributed by atoms with Crippen LogP contribution in [-0.2, 0) is 10.1 Å². The van der Waals surface area contributed by atoms with Crippen LogP contribution < -0.4 is 5.84 Å². The smallest absolute Gasteiger partial charge is 0.294 e. The normalized spacial score (nSPS) is 12.1. The van der Waals surface area contributed by atoms with Crippen molar-refractivity contribution in [2.24, 2.45) is 0 Å². The van der Waals surface area contributed by atoms with E-state index in [2.05, 4.69) is 0 Å². The van der Waals surface area contributed by atoms with Crippen molar-refractivity contribution < 1.29 is 13.0 Å². The van der Waals surface area contributed by atoms with Crippen LogP contribution in [0, 0.1) is 0 Å². The van der Waals surface area contributed by atoms with E-state index in [1.54, 1.807) is 18.3 Å². The van der Waals surface area contributed by atoms with E-state index >= 15 is 0 Å². The molecule has 0 saturated carbocycles. The minimum absolute atomic E-state index is 0.129. The maximum Gasteiger partial charge on any atom is 0.294 e. The predicted octanol–water partition coefficient (Wildman–Crippen LogP) is 0.602. The quantitative estimate of drug-likeness (QED) is 0.535. The zero-order valence-electron chi connectivity index (χ0n) is 7.08. The molecule has 14 heavy (non-hydrogen) atoms. The summed E-state index contributed by atoms with van der Waals surface area (Å²) in [5.41, 5.74) is 0.706. The highest BCUT2D eigenvalue weighted by Crippen LogP contribution is 2.18. The van der Waals surface area contributed by atoms with Gasteiger partial charge in [0.25, 0.3) is 10.1 Å². The Morgan fingerprint density at radius 3 is 2.64 bits per heavy atom. The highest BCUT2D eigenvalue weighted by Gasteiger charge is 2.10. The van der Waals surface area contributed by atoms with E-state index in [0.29, 0.717) is 10.9 Å². The van der Waals surface area contributed by atoms with E-state index in [4.69, 9.17) is 10.4 Å². The Hall–Kier alpha value is -1.53. The summed E-state index contributed by atoms with van der Waals surface area (Å²) in [6.45, 7) is 0. The van der Waals surface area contributed by atoms with E-state index in [1.807, 2.05) is 0 Å². The molecule has 0 radical (unpaired) electrons. The lowest BCUT2D eigenvalue weighted by molar-refractivity contribution is 0.483. The van der Waals surface area contributed by atoms with Gasteiger partial charge in [-0.15, -0.1) is 0 Å². The van der Waals surface area contributed by atoms with Crippen molar-refractivity contribution in [2.45, 2.75) is 4.90 Å². The lowest BCUT2D eigenvalue weighted by Gasteiger charge is -1.98. The first-order valence-corrected chi connectivity index (χ1v) is 5.26. The van der Waals surface area contributed by atoms with Gasteiger partial charge in [-0.3, -0.25) is 9.23 Å². The highest BCUT2D eigenvalue weighted by molar-refractivity contribution is 7.85. The number of hydrogen-bond donors (Lipinski definition) is 2. The van der Waals surface area contributed by atoms with Gasteiger partial charge in [0.1, 0.15) is 0 Å². The van der Waals surface area contributed by atoms with Crippen LogP contribution in [-0.4, -0.2) is 17.6 Å². The molecule has 0 bridgehead atoms. The number of nitrogens with two attached hydrogens (primary N) is 1. The third kappa shape index (κ3) is 1.34. The number of fused-ring (bicyclic) bond motifs is 1. The number of nitrogen functional groups attached to an aromatic ring is 1. The molecule has 74 valence electrons. The van der Waals surface area contributed by atoms with Gasteiger partial charge in [-0.05, 0) is 24.3 Å². The Bertz CT molecular complexity index is 586. The fraction of sp³-hybridized carbons (Fsp3) is 0. The second kappa shape index (κ2) is 2.73. The van der Waals surface area contributed by atoms with Crippen molar-refractivity contribution >= 4 is 21.0 Å². The first-order valence-electron chi connectivity index (χ1n) is 3.82. The van der Waals surface area contributed by atoms with Crippen molar-refractivity contribution in [1.82, 2.24) is 4.68 Å². The molecule has 3 N–H and O–H groups in total. The Morgan fingerprint density at radius 1 is 1.29 bits per heavy atom. The van der Waals surface area contributed by atoms with Crippen molar-refractivity contribution in [1.29, 1.82) is 0 Å². The van der Waals surface area contributed by atoms with Crippen LogP contribution in [0.15, 0.2) is 35.4 Å². The topological polar surface area (TPSA) is 85.3 Å². The van der Waals surface area contributed by atoms with E-state index in [-0.39, 0.29) is 4.90 Å². The molecule has 0 saturated heterocycles. The fourth-order valence-corrected chi connectivity index (χ4v) is 1.82. The molecule has 5 nitrogen and oxygen atoms in total. The van der Waals surface area contributed by atoms with Crippen LogP contribution in [0.5, 0.6) is 0 Å². The number of hydrogen-bond acceptors (Lipinski definition) is 3.